The predicted molar refractivity (Wildman–Crippen MR) is 98.7 cm³/mol. The minimum absolute atomic E-state index is 0.0438. The first kappa shape index (κ1) is 18.0. The highest BCUT2D eigenvalue weighted by molar-refractivity contribution is 6.31. The normalized spacial score (nSPS) is 10.3. The maximum absolute atomic E-state index is 12.3. The van der Waals surface area contributed by atoms with Crippen molar-refractivity contribution in [3.05, 3.63) is 58.6 Å². The molecule has 0 saturated carbocycles. The summed E-state index contributed by atoms with van der Waals surface area (Å²) in [6.07, 6.45) is 0.787. The number of nitrogens with one attached hydrogen (secondary N) is 1. The molecule has 0 aliphatic rings. The van der Waals surface area contributed by atoms with Crippen LogP contribution in [0, 0.1) is 6.92 Å². The minimum atomic E-state index is -0.268. The van der Waals surface area contributed by atoms with Gasteiger partial charge in [-0.25, -0.2) is 0 Å². The summed E-state index contributed by atoms with van der Waals surface area (Å²) >= 11 is 6.07. The third kappa shape index (κ3) is 4.36. The van der Waals surface area contributed by atoms with Crippen LogP contribution in [0.25, 0.3) is 0 Å². The van der Waals surface area contributed by atoms with Crippen LogP contribution in [0.4, 0.5) is 11.4 Å². The van der Waals surface area contributed by atoms with E-state index in [2.05, 4.69) is 5.32 Å². The van der Waals surface area contributed by atoms with Crippen molar-refractivity contribution >= 4 is 34.8 Å². The maximum Gasteiger partial charge on any atom is 0.244 e. The topological polar surface area (TPSA) is 49.4 Å². The first-order chi connectivity index (χ1) is 11.4. The number of halogens is 1. The van der Waals surface area contributed by atoms with E-state index >= 15 is 0 Å². The number of amides is 2. The first-order valence-corrected chi connectivity index (χ1v) is 8.22. The number of hydrogen-bond donors (Lipinski definition) is 1. The van der Waals surface area contributed by atoms with Gasteiger partial charge in [-0.05, 0) is 42.7 Å². The highest BCUT2D eigenvalue weighted by atomic mass is 35.5. The zero-order chi connectivity index (χ0) is 17.7. The minimum Gasteiger partial charge on any atom is -0.324 e. The highest BCUT2D eigenvalue weighted by Gasteiger charge is 2.18. The molecule has 0 atom stereocenters. The van der Waals surface area contributed by atoms with E-state index in [1.165, 1.54) is 11.8 Å². The van der Waals surface area contributed by atoms with Gasteiger partial charge in [0.2, 0.25) is 11.8 Å². The Morgan fingerprint density at radius 3 is 2.50 bits per heavy atom. The number of para-hydroxylation sites is 1. The van der Waals surface area contributed by atoms with Crippen molar-refractivity contribution in [1.82, 2.24) is 0 Å². The quantitative estimate of drug-likeness (QED) is 0.883. The van der Waals surface area contributed by atoms with Gasteiger partial charge in [-0.15, -0.1) is 0 Å². The number of nitrogens with zero attached hydrogens (tertiary/aromatic N) is 1. The summed E-state index contributed by atoms with van der Waals surface area (Å²) in [6.45, 7) is 5.33. The Hall–Kier alpha value is -2.33. The van der Waals surface area contributed by atoms with E-state index in [0.29, 0.717) is 10.7 Å². The molecule has 4 nitrogen and oxygen atoms in total. The number of carbonyl (C=O) groups excluding carboxylic acids is 2. The Morgan fingerprint density at radius 2 is 1.88 bits per heavy atom. The van der Waals surface area contributed by atoms with Crippen LogP contribution in [0.2, 0.25) is 5.02 Å². The van der Waals surface area contributed by atoms with Crippen molar-refractivity contribution in [1.29, 1.82) is 0 Å². The lowest BCUT2D eigenvalue weighted by Gasteiger charge is -2.23. The zero-order valence-corrected chi connectivity index (χ0v) is 14.9. The molecule has 2 rings (SSSR count). The van der Waals surface area contributed by atoms with E-state index in [9.17, 15) is 9.59 Å². The molecule has 0 unspecified atom stereocenters. The lowest BCUT2D eigenvalue weighted by Crippen LogP contribution is -2.37. The summed E-state index contributed by atoms with van der Waals surface area (Å²) in [7, 11) is 0. The second kappa shape index (κ2) is 7.97. The van der Waals surface area contributed by atoms with E-state index in [0.717, 1.165) is 23.2 Å². The molecule has 0 aromatic heterocycles. The summed E-state index contributed by atoms with van der Waals surface area (Å²) in [5.41, 5.74) is 3.35. The summed E-state index contributed by atoms with van der Waals surface area (Å²) in [5, 5.41) is 3.38. The van der Waals surface area contributed by atoms with Crippen LogP contribution in [0.15, 0.2) is 42.5 Å². The molecule has 2 aromatic rings. The average Bonchev–Trinajstić information content (AvgIpc) is 2.56. The fourth-order valence-corrected chi connectivity index (χ4v) is 2.63. The smallest absolute Gasteiger partial charge is 0.244 e. The van der Waals surface area contributed by atoms with E-state index in [1.807, 2.05) is 44.2 Å². The number of carbonyl (C=O) groups is 2. The molecule has 0 bridgehead atoms. The van der Waals surface area contributed by atoms with Gasteiger partial charge in [-0.3, -0.25) is 9.59 Å². The number of anilines is 2. The van der Waals surface area contributed by atoms with Crippen LogP contribution in [-0.4, -0.2) is 18.4 Å². The van der Waals surface area contributed by atoms with E-state index in [1.54, 1.807) is 12.1 Å². The van der Waals surface area contributed by atoms with Crippen LogP contribution in [0.1, 0.15) is 25.0 Å². The van der Waals surface area contributed by atoms with Crippen molar-refractivity contribution in [3.8, 4) is 0 Å². The van der Waals surface area contributed by atoms with Crippen LogP contribution >= 0.6 is 11.6 Å². The van der Waals surface area contributed by atoms with Gasteiger partial charge in [-0.2, -0.15) is 0 Å². The lowest BCUT2D eigenvalue weighted by atomic mass is 10.1. The van der Waals surface area contributed by atoms with Crippen molar-refractivity contribution < 1.29 is 9.59 Å². The molecular weight excluding hydrogens is 324 g/mol. The second-order valence-corrected chi connectivity index (χ2v) is 6.01. The summed E-state index contributed by atoms with van der Waals surface area (Å²) in [4.78, 5) is 25.9. The second-order valence-electron chi connectivity index (χ2n) is 5.60. The van der Waals surface area contributed by atoms with Crippen molar-refractivity contribution in [2.45, 2.75) is 27.2 Å². The van der Waals surface area contributed by atoms with E-state index in [4.69, 9.17) is 11.6 Å². The largest absolute Gasteiger partial charge is 0.324 e. The van der Waals surface area contributed by atoms with E-state index in [-0.39, 0.29) is 18.4 Å². The van der Waals surface area contributed by atoms with Gasteiger partial charge < -0.3 is 10.2 Å². The standard InChI is InChI=1S/C19H21ClN2O2/c1-4-15-7-5-6-8-18(15)22(14(3)23)12-19(24)21-16-10-9-13(2)17(20)11-16/h5-11H,4,12H2,1-3H3,(H,21,24). The molecule has 2 amide bonds. The Labute approximate surface area is 147 Å². The van der Waals surface area contributed by atoms with Gasteiger partial charge in [0.15, 0.2) is 0 Å². The van der Waals surface area contributed by atoms with Gasteiger partial charge in [0.1, 0.15) is 6.54 Å². The van der Waals surface area contributed by atoms with E-state index < -0.39 is 0 Å². The molecule has 24 heavy (non-hydrogen) atoms. The van der Waals surface area contributed by atoms with Gasteiger partial charge in [0, 0.05) is 23.3 Å². The first-order valence-electron chi connectivity index (χ1n) is 7.84. The van der Waals surface area contributed by atoms with Gasteiger partial charge in [0.25, 0.3) is 0 Å². The Kier molecular flexibility index (Phi) is 5.99. The number of hydrogen-bond acceptors (Lipinski definition) is 2. The zero-order valence-electron chi connectivity index (χ0n) is 14.1. The molecule has 0 heterocycles. The summed E-state index contributed by atoms with van der Waals surface area (Å²) in [5.74, 6) is -0.441. The average molecular weight is 345 g/mol. The molecule has 0 aliphatic carbocycles. The Balaban J connectivity index is 2.17. The molecule has 0 saturated heterocycles. The molecule has 2 aromatic carbocycles. The number of benzene rings is 2. The highest BCUT2D eigenvalue weighted by Crippen LogP contribution is 2.22. The molecule has 0 radical (unpaired) electrons. The molecular formula is C19H21ClN2O2. The third-order valence-electron chi connectivity index (χ3n) is 3.80. The molecule has 0 aliphatic heterocycles. The monoisotopic (exact) mass is 344 g/mol. The van der Waals surface area contributed by atoms with Crippen LogP contribution in [0.5, 0.6) is 0 Å². The summed E-state index contributed by atoms with van der Waals surface area (Å²) < 4.78 is 0. The van der Waals surface area contributed by atoms with Crippen molar-refractivity contribution in [2.75, 3.05) is 16.8 Å². The van der Waals surface area contributed by atoms with Crippen LogP contribution in [-0.2, 0) is 16.0 Å². The van der Waals surface area contributed by atoms with Gasteiger partial charge >= 0.3 is 0 Å². The van der Waals surface area contributed by atoms with Gasteiger partial charge in [-0.1, -0.05) is 42.8 Å². The SMILES string of the molecule is CCc1ccccc1N(CC(=O)Nc1ccc(C)c(Cl)c1)C(C)=O. The summed E-state index contributed by atoms with van der Waals surface area (Å²) in [6, 6.07) is 12.9. The van der Waals surface area contributed by atoms with Crippen molar-refractivity contribution in [2.24, 2.45) is 0 Å². The van der Waals surface area contributed by atoms with Crippen molar-refractivity contribution in [3.63, 3.8) is 0 Å². The predicted octanol–water partition coefficient (Wildman–Crippen LogP) is 4.20. The molecule has 0 fully saturated rings. The Morgan fingerprint density at radius 1 is 1.17 bits per heavy atom. The fraction of sp³-hybridized carbons (Fsp3) is 0.263. The number of rotatable bonds is 5. The number of aryl methyl sites for hydroxylation is 2. The van der Waals surface area contributed by atoms with Crippen LogP contribution in [0.3, 0.4) is 0 Å². The fourth-order valence-electron chi connectivity index (χ4n) is 2.45. The molecule has 5 heteroatoms. The third-order valence-corrected chi connectivity index (χ3v) is 4.21. The van der Waals surface area contributed by atoms with Crippen LogP contribution < -0.4 is 10.2 Å². The molecule has 1 N–H and O–H groups in total. The lowest BCUT2D eigenvalue weighted by molar-refractivity contribution is -0.120. The molecule has 126 valence electrons. The Bertz CT molecular complexity index is 759. The molecule has 0 spiro atoms. The maximum atomic E-state index is 12.3. The van der Waals surface area contributed by atoms with Gasteiger partial charge in [0.05, 0.1) is 0 Å².